The Morgan fingerprint density at radius 2 is 1.77 bits per heavy atom. The van der Waals surface area contributed by atoms with Crippen LogP contribution in [0.4, 0.5) is 13.6 Å². The molecular formula is C21H20ClF2N3O3. The summed E-state index contributed by atoms with van der Waals surface area (Å²) in [5.74, 6) is -2.00. The SMILES string of the molecule is C[C@H](NC(=O)OC(C)(C)C)c1nc2cccc(Cl)c2c(=O)n1-c1c(F)cccc1F. The summed E-state index contributed by atoms with van der Waals surface area (Å²) >= 11 is 6.16. The maximum atomic E-state index is 14.6. The first kappa shape index (κ1) is 21.7. The van der Waals surface area contributed by atoms with E-state index in [2.05, 4.69) is 10.3 Å². The highest BCUT2D eigenvalue weighted by atomic mass is 35.5. The molecule has 1 heterocycles. The number of para-hydroxylation sites is 1. The molecule has 3 rings (SSSR count). The van der Waals surface area contributed by atoms with Gasteiger partial charge in [0.2, 0.25) is 0 Å². The van der Waals surface area contributed by atoms with Crippen LogP contribution >= 0.6 is 11.6 Å². The first-order valence-electron chi connectivity index (χ1n) is 9.14. The fourth-order valence-electron chi connectivity index (χ4n) is 2.96. The van der Waals surface area contributed by atoms with Gasteiger partial charge in [-0.15, -0.1) is 0 Å². The third-order valence-corrected chi connectivity index (χ3v) is 4.47. The zero-order valence-corrected chi connectivity index (χ0v) is 17.6. The molecule has 3 aromatic rings. The van der Waals surface area contributed by atoms with Crippen LogP contribution in [0.15, 0.2) is 41.2 Å². The molecule has 0 bridgehead atoms. The van der Waals surface area contributed by atoms with Gasteiger partial charge in [0.15, 0.2) is 0 Å². The molecule has 1 atom stereocenters. The number of fused-ring (bicyclic) bond motifs is 1. The number of halogens is 3. The molecule has 0 saturated carbocycles. The van der Waals surface area contributed by atoms with Crippen LogP contribution < -0.4 is 10.9 Å². The first-order valence-corrected chi connectivity index (χ1v) is 9.52. The molecule has 30 heavy (non-hydrogen) atoms. The molecule has 1 N–H and O–H groups in total. The summed E-state index contributed by atoms with van der Waals surface area (Å²) < 4.78 is 35.2. The van der Waals surface area contributed by atoms with E-state index in [1.165, 1.54) is 19.1 Å². The molecule has 9 heteroatoms. The van der Waals surface area contributed by atoms with Crippen molar-refractivity contribution in [3.05, 3.63) is 69.2 Å². The lowest BCUT2D eigenvalue weighted by atomic mass is 10.2. The average Bonchev–Trinajstić information content (AvgIpc) is 2.61. The summed E-state index contributed by atoms with van der Waals surface area (Å²) in [5.41, 5.74) is -1.90. The smallest absolute Gasteiger partial charge is 0.408 e. The minimum atomic E-state index is -0.962. The van der Waals surface area contributed by atoms with Gasteiger partial charge in [0.1, 0.15) is 28.7 Å². The molecule has 0 fully saturated rings. The number of ether oxygens (including phenoxy) is 1. The van der Waals surface area contributed by atoms with Gasteiger partial charge >= 0.3 is 6.09 Å². The van der Waals surface area contributed by atoms with Crippen LogP contribution in [0.5, 0.6) is 0 Å². The molecular weight excluding hydrogens is 416 g/mol. The lowest BCUT2D eigenvalue weighted by Crippen LogP contribution is -2.37. The number of carbonyl (C=O) groups is 1. The zero-order chi connectivity index (χ0) is 22.2. The summed E-state index contributed by atoms with van der Waals surface area (Å²) in [6.07, 6.45) is -0.768. The quantitative estimate of drug-likeness (QED) is 0.634. The Balaban J connectivity index is 2.25. The Bertz CT molecular complexity index is 1170. The van der Waals surface area contributed by atoms with Gasteiger partial charge in [0.25, 0.3) is 5.56 Å². The predicted molar refractivity (Wildman–Crippen MR) is 110 cm³/mol. The highest BCUT2D eigenvalue weighted by Crippen LogP contribution is 2.25. The summed E-state index contributed by atoms with van der Waals surface area (Å²) in [6.45, 7) is 6.60. The summed E-state index contributed by atoms with van der Waals surface area (Å²) in [5, 5.41) is 2.65. The number of aromatic nitrogens is 2. The van der Waals surface area contributed by atoms with Crippen LogP contribution in [0.1, 0.15) is 39.6 Å². The van der Waals surface area contributed by atoms with E-state index < -0.39 is 40.6 Å². The number of benzene rings is 2. The van der Waals surface area contributed by atoms with Crippen molar-refractivity contribution in [2.75, 3.05) is 0 Å². The van der Waals surface area contributed by atoms with Gasteiger partial charge in [-0.2, -0.15) is 0 Å². The van der Waals surface area contributed by atoms with Gasteiger partial charge in [-0.1, -0.05) is 23.7 Å². The van der Waals surface area contributed by atoms with E-state index in [1.54, 1.807) is 32.9 Å². The van der Waals surface area contributed by atoms with Gasteiger partial charge in [-0.25, -0.2) is 18.6 Å². The van der Waals surface area contributed by atoms with Crippen molar-refractivity contribution in [2.24, 2.45) is 0 Å². The second-order valence-corrected chi connectivity index (χ2v) is 8.09. The van der Waals surface area contributed by atoms with Gasteiger partial charge < -0.3 is 10.1 Å². The Kier molecular flexibility index (Phi) is 5.81. The molecule has 0 unspecified atom stereocenters. The largest absolute Gasteiger partial charge is 0.444 e. The molecule has 0 spiro atoms. The highest BCUT2D eigenvalue weighted by Gasteiger charge is 2.25. The average molecular weight is 436 g/mol. The Morgan fingerprint density at radius 3 is 2.37 bits per heavy atom. The topological polar surface area (TPSA) is 73.2 Å². The Morgan fingerprint density at radius 1 is 1.17 bits per heavy atom. The van der Waals surface area contributed by atoms with Crippen molar-refractivity contribution < 1.29 is 18.3 Å². The van der Waals surface area contributed by atoms with Crippen molar-refractivity contribution >= 4 is 28.6 Å². The third-order valence-electron chi connectivity index (χ3n) is 4.15. The fraction of sp³-hybridized carbons (Fsp3) is 0.286. The molecule has 0 radical (unpaired) electrons. The van der Waals surface area contributed by atoms with Crippen LogP contribution in [0, 0.1) is 11.6 Å². The second-order valence-electron chi connectivity index (χ2n) is 7.68. The zero-order valence-electron chi connectivity index (χ0n) is 16.8. The lowest BCUT2D eigenvalue weighted by molar-refractivity contribution is 0.0505. The molecule has 0 saturated heterocycles. The summed E-state index contributed by atoms with van der Waals surface area (Å²) in [6, 6.07) is 6.94. The predicted octanol–water partition coefficient (Wildman–Crippen LogP) is 4.90. The number of carbonyl (C=O) groups excluding carboxylic acids is 1. The van der Waals surface area contributed by atoms with Crippen LogP contribution in [-0.4, -0.2) is 21.2 Å². The van der Waals surface area contributed by atoms with E-state index in [1.807, 2.05) is 0 Å². The number of nitrogens with zero attached hydrogens (tertiary/aromatic N) is 2. The number of alkyl carbamates (subject to hydrolysis) is 1. The Hall–Kier alpha value is -3.00. The molecule has 2 aromatic carbocycles. The minimum Gasteiger partial charge on any atom is -0.444 e. The van der Waals surface area contributed by atoms with Crippen molar-refractivity contribution in [1.29, 1.82) is 0 Å². The van der Waals surface area contributed by atoms with E-state index in [0.29, 0.717) is 0 Å². The highest BCUT2D eigenvalue weighted by molar-refractivity contribution is 6.35. The summed E-state index contributed by atoms with van der Waals surface area (Å²) in [4.78, 5) is 29.8. The van der Waals surface area contributed by atoms with E-state index in [-0.39, 0.29) is 21.7 Å². The van der Waals surface area contributed by atoms with Crippen molar-refractivity contribution in [2.45, 2.75) is 39.3 Å². The van der Waals surface area contributed by atoms with E-state index in [0.717, 1.165) is 16.7 Å². The van der Waals surface area contributed by atoms with Gasteiger partial charge in [0, 0.05) is 0 Å². The molecule has 0 aliphatic heterocycles. The van der Waals surface area contributed by atoms with E-state index in [9.17, 15) is 18.4 Å². The van der Waals surface area contributed by atoms with Crippen LogP contribution in [-0.2, 0) is 4.74 Å². The van der Waals surface area contributed by atoms with E-state index >= 15 is 0 Å². The van der Waals surface area contributed by atoms with Gasteiger partial charge in [-0.3, -0.25) is 9.36 Å². The lowest BCUT2D eigenvalue weighted by Gasteiger charge is -2.23. The summed E-state index contributed by atoms with van der Waals surface area (Å²) in [7, 11) is 0. The molecule has 0 aliphatic rings. The number of amides is 1. The van der Waals surface area contributed by atoms with Gasteiger partial charge in [-0.05, 0) is 52.0 Å². The van der Waals surface area contributed by atoms with Crippen LogP contribution in [0.3, 0.4) is 0 Å². The van der Waals surface area contributed by atoms with E-state index in [4.69, 9.17) is 16.3 Å². The second kappa shape index (κ2) is 8.02. The maximum Gasteiger partial charge on any atom is 0.408 e. The minimum absolute atomic E-state index is 0.00929. The fourth-order valence-corrected chi connectivity index (χ4v) is 3.22. The Labute approximate surface area is 176 Å². The molecule has 1 amide bonds. The monoisotopic (exact) mass is 435 g/mol. The van der Waals surface area contributed by atoms with Gasteiger partial charge in [0.05, 0.1) is 22.0 Å². The molecule has 6 nitrogen and oxygen atoms in total. The number of nitrogens with one attached hydrogen (secondary N) is 1. The normalized spacial score (nSPS) is 12.6. The first-order chi connectivity index (χ1) is 14.0. The molecule has 0 aliphatic carbocycles. The number of hydrogen-bond donors (Lipinski definition) is 1. The number of hydrogen-bond acceptors (Lipinski definition) is 4. The maximum absolute atomic E-state index is 14.6. The van der Waals surface area contributed by atoms with Crippen molar-refractivity contribution in [3.8, 4) is 5.69 Å². The molecule has 1 aromatic heterocycles. The standard InChI is InChI=1S/C21H20ClF2N3O3/c1-11(25-20(29)30-21(2,3)4)18-26-15-10-5-7-12(22)16(15)19(28)27(18)17-13(23)8-6-9-14(17)24/h5-11H,1-4H3,(H,25,29)/t11-/m0/s1. The van der Waals surface area contributed by atoms with Crippen molar-refractivity contribution in [1.82, 2.24) is 14.9 Å². The van der Waals surface area contributed by atoms with Crippen LogP contribution in [0.2, 0.25) is 5.02 Å². The van der Waals surface area contributed by atoms with Crippen LogP contribution in [0.25, 0.3) is 16.6 Å². The number of rotatable bonds is 3. The third kappa shape index (κ3) is 4.28. The van der Waals surface area contributed by atoms with Crippen molar-refractivity contribution in [3.63, 3.8) is 0 Å². The molecule has 158 valence electrons.